The summed E-state index contributed by atoms with van der Waals surface area (Å²) >= 11 is 0. The van der Waals surface area contributed by atoms with E-state index in [2.05, 4.69) is 11.1 Å². The van der Waals surface area contributed by atoms with Crippen LogP contribution >= 0.6 is 0 Å². The van der Waals surface area contributed by atoms with Gasteiger partial charge in [-0.3, -0.25) is 4.57 Å². The topological polar surface area (TPSA) is 60.9 Å². The minimum atomic E-state index is -0.220. The number of aromatic nitrogens is 2. The summed E-state index contributed by atoms with van der Waals surface area (Å²) in [5.74, 6) is 0. The van der Waals surface area contributed by atoms with E-state index >= 15 is 0 Å². The van der Waals surface area contributed by atoms with Gasteiger partial charge in [-0.1, -0.05) is 18.2 Å². The highest BCUT2D eigenvalue weighted by Gasteiger charge is 2.03. The van der Waals surface area contributed by atoms with E-state index in [9.17, 15) is 4.79 Å². The molecule has 2 N–H and O–H groups in total. The minimum Gasteiger partial charge on any atom is -0.326 e. The molecule has 4 nitrogen and oxygen atoms in total. The zero-order chi connectivity index (χ0) is 13.1. The van der Waals surface area contributed by atoms with Crippen molar-refractivity contribution >= 4 is 0 Å². The van der Waals surface area contributed by atoms with Crippen LogP contribution in [-0.2, 0) is 13.1 Å². The molecule has 0 atom stereocenters. The average molecular weight is 243 g/mol. The highest BCUT2D eigenvalue weighted by molar-refractivity contribution is 5.31. The summed E-state index contributed by atoms with van der Waals surface area (Å²) in [6, 6.07) is 6.08. The van der Waals surface area contributed by atoms with Gasteiger partial charge in [-0.05, 0) is 36.1 Å². The number of hydrogen-bond acceptors (Lipinski definition) is 3. The molecule has 1 aromatic carbocycles. The Morgan fingerprint density at radius 2 is 2.11 bits per heavy atom. The molecular formula is C14H17N3O. The van der Waals surface area contributed by atoms with Crippen molar-refractivity contribution in [3.8, 4) is 0 Å². The molecule has 2 rings (SSSR count). The van der Waals surface area contributed by atoms with Gasteiger partial charge in [0.15, 0.2) is 0 Å². The fourth-order valence-corrected chi connectivity index (χ4v) is 1.92. The predicted molar refractivity (Wildman–Crippen MR) is 71.4 cm³/mol. The molecule has 0 unspecified atom stereocenters. The summed E-state index contributed by atoms with van der Waals surface area (Å²) in [5, 5.41) is 0. The van der Waals surface area contributed by atoms with Crippen molar-refractivity contribution in [2.45, 2.75) is 26.9 Å². The predicted octanol–water partition coefficient (Wildman–Crippen LogP) is 1.37. The number of hydrogen-bond donors (Lipinski definition) is 1. The number of nitrogens with zero attached hydrogens (tertiary/aromatic N) is 2. The lowest BCUT2D eigenvalue weighted by Gasteiger charge is -2.10. The summed E-state index contributed by atoms with van der Waals surface area (Å²) < 4.78 is 1.62. The molecule has 0 aliphatic rings. The van der Waals surface area contributed by atoms with E-state index in [1.165, 1.54) is 0 Å². The van der Waals surface area contributed by atoms with Gasteiger partial charge in [-0.25, -0.2) is 9.78 Å². The molecular weight excluding hydrogens is 226 g/mol. The standard InChI is InChI=1S/C14H17N3O/c1-10-7-16-14(18)17(8-10)9-13-4-3-12(6-15)5-11(13)2/h3-5,7-8H,6,9,15H2,1-2H3. The Morgan fingerprint density at radius 1 is 1.33 bits per heavy atom. The third-order valence-electron chi connectivity index (χ3n) is 2.97. The summed E-state index contributed by atoms with van der Waals surface area (Å²) in [6.07, 6.45) is 3.41. The van der Waals surface area contributed by atoms with Crippen LogP contribution in [0.4, 0.5) is 0 Å². The summed E-state index contributed by atoms with van der Waals surface area (Å²) in [4.78, 5) is 15.5. The van der Waals surface area contributed by atoms with Gasteiger partial charge in [0, 0.05) is 18.9 Å². The summed E-state index contributed by atoms with van der Waals surface area (Å²) in [6.45, 7) is 5.04. The van der Waals surface area contributed by atoms with E-state index in [4.69, 9.17) is 5.73 Å². The number of rotatable bonds is 3. The van der Waals surface area contributed by atoms with E-state index in [0.29, 0.717) is 13.1 Å². The maximum atomic E-state index is 11.6. The van der Waals surface area contributed by atoms with Crippen molar-refractivity contribution in [1.29, 1.82) is 0 Å². The monoisotopic (exact) mass is 243 g/mol. The molecule has 0 saturated heterocycles. The third-order valence-corrected chi connectivity index (χ3v) is 2.97. The van der Waals surface area contributed by atoms with E-state index in [1.54, 1.807) is 10.8 Å². The lowest BCUT2D eigenvalue weighted by Crippen LogP contribution is -2.23. The lowest BCUT2D eigenvalue weighted by molar-refractivity contribution is 0.717. The highest BCUT2D eigenvalue weighted by Crippen LogP contribution is 2.12. The molecule has 0 aliphatic carbocycles. The first-order valence-corrected chi connectivity index (χ1v) is 5.91. The van der Waals surface area contributed by atoms with Crippen molar-refractivity contribution in [1.82, 2.24) is 9.55 Å². The summed E-state index contributed by atoms with van der Waals surface area (Å²) in [5.41, 5.74) is 9.72. The third kappa shape index (κ3) is 2.65. The van der Waals surface area contributed by atoms with Crippen LogP contribution < -0.4 is 11.4 Å². The Balaban J connectivity index is 2.34. The Labute approximate surface area is 106 Å². The molecule has 0 amide bonds. The molecule has 18 heavy (non-hydrogen) atoms. The van der Waals surface area contributed by atoms with Gasteiger partial charge < -0.3 is 5.73 Å². The van der Waals surface area contributed by atoms with Crippen molar-refractivity contribution in [3.05, 3.63) is 63.3 Å². The lowest BCUT2D eigenvalue weighted by atomic mass is 10.1. The molecule has 0 radical (unpaired) electrons. The fraction of sp³-hybridized carbons (Fsp3) is 0.286. The second kappa shape index (κ2) is 5.14. The second-order valence-corrected chi connectivity index (χ2v) is 4.51. The maximum absolute atomic E-state index is 11.6. The van der Waals surface area contributed by atoms with Crippen molar-refractivity contribution in [2.75, 3.05) is 0 Å². The largest absolute Gasteiger partial charge is 0.347 e. The molecule has 1 heterocycles. The second-order valence-electron chi connectivity index (χ2n) is 4.51. The zero-order valence-electron chi connectivity index (χ0n) is 10.7. The van der Waals surface area contributed by atoms with Crippen LogP contribution in [0, 0.1) is 13.8 Å². The van der Waals surface area contributed by atoms with Gasteiger partial charge in [0.1, 0.15) is 0 Å². The Morgan fingerprint density at radius 3 is 2.78 bits per heavy atom. The normalized spacial score (nSPS) is 10.6. The van der Waals surface area contributed by atoms with Crippen molar-refractivity contribution in [2.24, 2.45) is 5.73 Å². The zero-order valence-corrected chi connectivity index (χ0v) is 10.7. The fourth-order valence-electron chi connectivity index (χ4n) is 1.92. The van der Waals surface area contributed by atoms with Crippen LogP contribution in [0.3, 0.4) is 0 Å². The van der Waals surface area contributed by atoms with Crippen LogP contribution in [0.25, 0.3) is 0 Å². The summed E-state index contributed by atoms with van der Waals surface area (Å²) in [7, 11) is 0. The molecule has 94 valence electrons. The van der Waals surface area contributed by atoms with Crippen LogP contribution in [0.5, 0.6) is 0 Å². The molecule has 0 saturated carbocycles. The first kappa shape index (κ1) is 12.5. The Kier molecular flexibility index (Phi) is 3.58. The first-order valence-electron chi connectivity index (χ1n) is 5.91. The van der Waals surface area contributed by atoms with E-state index in [0.717, 1.165) is 22.3 Å². The molecule has 0 fully saturated rings. The van der Waals surface area contributed by atoms with Crippen LogP contribution in [0.15, 0.2) is 35.4 Å². The number of benzene rings is 1. The maximum Gasteiger partial charge on any atom is 0.347 e. The van der Waals surface area contributed by atoms with Gasteiger partial charge in [0.05, 0.1) is 6.54 Å². The van der Waals surface area contributed by atoms with Crippen molar-refractivity contribution in [3.63, 3.8) is 0 Å². The molecule has 0 aliphatic heterocycles. The van der Waals surface area contributed by atoms with Gasteiger partial charge in [-0.15, -0.1) is 0 Å². The molecule has 0 bridgehead atoms. The Hall–Kier alpha value is -1.94. The van der Waals surface area contributed by atoms with Crippen molar-refractivity contribution < 1.29 is 0 Å². The average Bonchev–Trinajstić information content (AvgIpc) is 2.36. The molecule has 2 aromatic rings. The minimum absolute atomic E-state index is 0.220. The van der Waals surface area contributed by atoms with Crippen LogP contribution in [0.2, 0.25) is 0 Å². The molecule has 0 spiro atoms. The Bertz CT molecular complexity index is 617. The number of aryl methyl sites for hydroxylation is 2. The van der Waals surface area contributed by atoms with Crippen LogP contribution in [-0.4, -0.2) is 9.55 Å². The van der Waals surface area contributed by atoms with E-state index < -0.39 is 0 Å². The smallest absolute Gasteiger partial charge is 0.326 e. The van der Waals surface area contributed by atoms with Gasteiger partial charge in [0.2, 0.25) is 0 Å². The van der Waals surface area contributed by atoms with E-state index in [-0.39, 0.29) is 5.69 Å². The van der Waals surface area contributed by atoms with E-state index in [1.807, 2.05) is 32.2 Å². The number of nitrogens with two attached hydrogens (primary N) is 1. The first-order chi connectivity index (χ1) is 8.60. The van der Waals surface area contributed by atoms with Gasteiger partial charge in [0.25, 0.3) is 0 Å². The van der Waals surface area contributed by atoms with Gasteiger partial charge in [-0.2, -0.15) is 0 Å². The SMILES string of the molecule is Cc1cnc(=O)n(Cc2ccc(CN)cc2C)c1. The highest BCUT2D eigenvalue weighted by atomic mass is 16.1. The van der Waals surface area contributed by atoms with Crippen LogP contribution in [0.1, 0.15) is 22.3 Å². The molecule has 1 aromatic heterocycles. The van der Waals surface area contributed by atoms with Gasteiger partial charge >= 0.3 is 5.69 Å². The quantitative estimate of drug-likeness (QED) is 0.885. The molecule has 4 heteroatoms.